The highest BCUT2D eigenvalue weighted by Gasteiger charge is 2.51. The average molecular weight is 597 g/mol. The zero-order valence-electron chi connectivity index (χ0n) is 23.6. The van der Waals surface area contributed by atoms with Crippen molar-refractivity contribution in [3.05, 3.63) is 59.6 Å². The molecule has 7 heterocycles. The normalized spacial score (nSPS) is 24.0. The van der Waals surface area contributed by atoms with Crippen LogP contribution in [0.15, 0.2) is 49.1 Å². The van der Waals surface area contributed by atoms with Crippen molar-refractivity contribution in [2.75, 3.05) is 44.4 Å². The Kier molecular flexibility index (Phi) is 6.50. The SMILES string of the molecule is O=C(/C=C/c1cnc[nH]1)NCC12CCC(c3cc4nc(-c5cccc6[nH]ncc56)nc(N5CCOCC5)c4s3)(CC1)OC2. The van der Waals surface area contributed by atoms with E-state index in [-0.39, 0.29) is 16.9 Å². The van der Waals surface area contributed by atoms with Crippen molar-refractivity contribution in [2.24, 2.45) is 5.41 Å². The summed E-state index contributed by atoms with van der Waals surface area (Å²) < 4.78 is 13.5. The molecule has 3 saturated heterocycles. The van der Waals surface area contributed by atoms with Crippen LogP contribution in [0, 0.1) is 5.41 Å². The first kappa shape index (κ1) is 26.5. The molecule has 0 atom stereocenters. The van der Waals surface area contributed by atoms with Gasteiger partial charge in [0.15, 0.2) is 11.6 Å². The van der Waals surface area contributed by atoms with Crippen LogP contribution in [-0.4, -0.2) is 75.5 Å². The largest absolute Gasteiger partial charge is 0.378 e. The Morgan fingerprint density at radius 2 is 2.02 bits per heavy atom. The topological polar surface area (TPSA) is 134 Å². The number of nitrogens with zero attached hydrogens (tertiary/aromatic N) is 5. The van der Waals surface area contributed by atoms with Gasteiger partial charge in [0.1, 0.15) is 5.60 Å². The predicted molar refractivity (Wildman–Crippen MR) is 165 cm³/mol. The molecule has 9 rings (SSSR count). The fourth-order valence-corrected chi connectivity index (χ4v) is 7.89. The lowest BCUT2D eigenvalue weighted by atomic mass is 9.65. The van der Waals surface area contributed by atoms with Crippen LogP contribution in [0.2, 0.25) is 0 Å². The molecule has 220 valence electrons. The van der Waals surface area contributed by atoms with Gasteiger partial charge in [-0.15, -0.1) is 11.3 Å². The van der Waals surface area contributed by atoms with Gasteiger partial charge < -0.3 is 24.7 Å². The predicted octanol–water partition coefficient (Wildman–Crippen LogP) is 4.41. The van der Waals surface area contributed by atoms with E-state index in [0.717, 1.165) is 77.0 Å². The maximum atomic E-state index is 12.5. The molecule has 4 fully saturated rings. The highest BCUT2D eigenvalue weighted by atomic mass is 32.1. The summed E-state index contributed by atoms with van der Waals surface area (Å²) in [5.41, 5.74) is 3.31. The molecule has 1 saturated carbocycles. The highest BCUT2D eigenvalue weighted by molar-refractivity contribution is 7.19. The average Bonchev–Trinajstić information content (AvgIpc) is 3.85. The number of morpholine rings is 1. The van der Waals surface area contributed by atoms with E-state index < -0.39 is 0 Å². The number of thiophene rings is 1. The lowest BCUT2D eigenvalue weighted by molar-refractivity contribution is -0.186. The second-order valence-corrected chi connectivity index (χ2v) is 12.8. The summed E-state index contributed by atoms with van der Waals surface area (Å²) in [5, 5.41) is 11.4. The molecule has 43 heavy (non-hydrogen) atoms. The molecule has 5 aromatic rings. The molecule has 2 bridgehead atoms. The van der Waals surface area contributed by atoms with Crippen LogP contribution >= 0.6 is 11.3 Å². The summed E-state index contributed by atoms with van der Waals surface area (Å²) in [7, 11) is 0. The Hall–Kier alpha value is -4.13. The molecule has 12 heteroatoms. The number of carbonyl (C=O) groups excluding carboxylic acids is 1. The minimum Gasteiger partial charge on any atom is -0.378 e. The van der Waals surface area contributed by atoms with Crippen molar-refractivity contribution >= 4 is 50.3 Å². The van der Waals surface area contributed by atoms with E-state index in [9.17, 15) is 4.79 Å². The summed E-state index contributed by atoms with van der Waals surface area (Å²) in [6.07, 6.45) is 12.2. The van der Waals surface area contributed by atoms with Crippen LogP contribution in [0.1, 0.15) is 36.3 Å². The standard InChI is InChI=1S/C31H32N8O3S/c40-26(5-4-20-15-32-19-34-20)33-17-30-6-8-31(9-7-30,42-18-30)25-14-24-27(43-25)29(39-10-12-41-13-11-39)37-28(36-24)21-2-1-3-23-22(21)16-35-38-23/h1-5,14-16,19H,6-13,17-18H2,(H,32,34)(H,33,40)(H,35,38)/b5-4+. The van der Waals surface area contributed by atoms with Crippen molar-refractivity contribution in [1.82, 2.24) is 35.5 Å². The molecule has 1 aliphatic carbocycles. The Bertz CT molecular complexity index is 1800. The minimum atomic E-state index is -0.329. The van der Waals surface area contributed by atoms with E-state index in [4.69, 9.17) is 19.4 Å². The minimum absolute atomic E-state index is 0.0366. The fourth-order valence-electron chi connectivity index (χ4n) is 6.58. The first-order valence-corrected chi connectivity index (χ1v) is 15.6. The van der Waals surface area contributed by atoms with Gasteiger partial charge in [-0.25, -0.2) is 15.0 Å². The zero-order chi connectivity index (χ0) is 28.9. The van der Waals surface area contributed by atoms with Gasteiger partial charge in [0.2, 0.25) is 5.91 Å². The van der Waals surface area contributed by atoms with Gasteiger partial charge in [0, 0.05) is 47.0 Å². The number of fused-ring (bicyclic) bond motifs is 5. The van der Waals surface area contributed by atoms with Crippen LogP contribution in [0.5, 0.6) is 0 Å². The zero-order valence-corrected chi connectivity index (χ0v) is 24.5. The highest BCUT2D eigenvalue weighted by Crippen LogP contribution is 2.55. The number of amides is 1. The quantitative estimate of drug-likeness (QED) is 0.235. The van der Waals surface area contributed by atoms with E-state index in [2.05, 4.69) is 42.5 Å². The van der Waals surface area contributed by atoms with Gasteiger partial charge in [-0.2, -0.15) is 5.10 Å². The lowest BCUT2D eigenvalue weighted by Crippen LogP contribution is -2.53. The molecule has 1 aromatic carbocycles. The Morgan fingerprint density at radius 3 is 2.81 bits per heavy atom. The number of imidazole rings is 1. The number of rotatable bonds is 7. The molecule has 3 aliphatic heterocycles. The number of aromatic amines is 2. The third kappa shape index (κ3) is 4.79. The second-order valence-electron chi connectivity index (χ2n) is 11.8. The fraction of sp³-hybridized carbons (Fsp3) is 0.387. The van der Waals surface area contributed by atoms with E-state index in [1.54, 1.807) is 36.0 Å². The van der Waals surface area contributed by atoms with Crippen LogP contribution < -0.4 is 10.2 Å². The third-order valence-corrected chi connectivity index (χ3v) is 10.5. The van der Waals surface area contributed by atoms with E-state index >= 15 is 0 Å². The third-order valence-electron chi connectivity index (χ3n) is 9.18. The van der Waals surface area contributed by atoms with Gasteiger partial charge >= 0.3 is 0 Å². The summed E-state index contributed by atoms with van der Waals surface area (Å²) in [5.74, 6) is 1.56. The summed E-state index contributed by atoms with van der Waals surface area (Å²) >= 11 is 1.77. The second kappa shape index (κ2) is 10.5. The molecular weight excluding hydrogens is 564 g/mol. The number of anilines is 1. The van der Waals surface area contributed by atoms with Crippen LogP contribution in [0.25, 0.3) is 38.6 Å². The summed E-state index contributed by atoms with van der Waals surface area (Å²) in [4.78, 5) is 33.2. The molecule has 0 spiro atoms. The van der Waals surface area contributed by atoms with Gasteiger partial charge in [-0.3, -0.25) is 9.89 Å². The van der Waals surface area contributed by atoms with Crippen molar-refractivity contribution in [3.8, 4) is 11.4 Å². The maximum Gasteiger partial charge on any atom is 0.244 e. The van der Waals surface area contributed by atoms with Crippen molar-refractivity contribution in [1.29, 1.82) is 0 Å². The molecule has 3 N–H and O–H groups in total. The molecule has 0 unspecified atom stereocenters. The van der Waals surface area contributed by atoms with E-state index in [1.165, 1.54) is 4.88 Å². The molecule has 4 aliphatic rings. The number of hydrogen-bond acceptors (Lipinski definition) is 9. The number of ether oxygens (including phenoxy) is 2. The molecular formula is C31H32N8O3S. The van der Waals surface area contributed by atoms with E-state index in [0.29, 0.717) is 32.2 Å². The molecule has 11 nitrogen and oxygen atoms in total. The number of benzene rings is 1. The number of H-pyrrole nitrogens is 2. The van der Waals surface area contributed by atoms with Gasteiger partial charge in [-0.1, -0.05) is 12.1 Å². The van der Waals surface area contributed by atoms with Crippen molar-refractivity contribution in [3.63, 3.8) is 0 Å². The number of nitrogens with one attached hydrogen (secondary N) is 3. The smallest absolute Gasteiger partial charge is 0.244 e. The Labute approximate surface area is 251 Å². The van der Waals surface area contributed by atoms with Crippen molar-refractivity contribution in [2.45, 2.75) is 31.3 Å². The van der Waals surface area contributed by atoms with Gasteiger partial charge in [0.25, 0.3) is 0 Å². The van der Waals surface area contributed by atoms with Crippen molar-refractivity contribution < 1.29 is 14.3 Å². The van der Waals surface area contributed by atoms with Gasteiger partial charge in [-0.05, 0) is 43.9 Å². The summed E-state index contributed by atoms with van der Waals surface area (Å²) in [6, 6.07) is 8.32. The maximum absolute atomic E-state index is 12.5. The Balaban J connectivity index is 1.07. The first-order chi connectivity index (χ1) is 21.1. The van der Waals surface area contributed by atoms with E-state index in [1.807, 2.05) is 18.3 Å². The molecule has 1 amide bonds. The van der Waals surface area contributed by atoms with Crippen LogP contribution in [0.4, 0.5) is 5.82 Å². The lowest BCUT2D eigenvalue weighted by Gasteiger charge is -2.52. The van der Waals surface area contributed by atoms with Crippen LogP contribution in [0.3, 0.4) is 0 Å². The number of hydrogen-bond donors (Lipinski definition) is 3. The molecule has 4 aromatic heterocycles. The van der Waals surface area contributed by atoms with Crippen LogP contribution in [-0.2, 0) is 19.9 Å². The summed E-state index contributed by atoms with van der Waals surface area (Å²) in [6.45, 7) is 4.18. The first-order valence-electron chi connectivity index (χ1n) is 14.8. The number of carbonyl (C=O) groups is 1. The number of aromatic nitrogens is 6. The Morgan fingerprint density at radius 1 is 1.14 bits per heavy atom. The monoisotopic (exact) mass is 596 g/mol. The molecule has 0 radical (unpaired) electrons. The van der Waals surface area contributed by atoms with Gasteiger partial charge in [0.05, 0.1) is 60.0 Å².